The van der Waals surface area contributed by atoms with Crippen molar-refractivity contribution in [2.24, 2.45) is 0 Å². The van der Waals surface area contributed by atoms with Gasteiger partial charge in [-0.05, 0) is 28.6 Å². The Hall–Kier alpha value is -4.03. The topological polar surface area (TPSA) is 95.9 Å². The molecule has 0 saturated carbocycles. The number of hydrogen-bond acceptors (Lipinski definition) is 7. The zero-order valence-corrected chi connectivity index (χ0v) is 18.2. The lowest BCUT2D eigenvalue weighted by molar-refractivity contribution is 0.0927. The molecular weight excluding hydrogens is 416 g/mol. The predicted molar refractivity (Wildman–Crippen MR) is 124 cm³/mol. The number of aromatic nitrogens is 5. The fourth-order valence-electron chi connectivity index (χ4n) is 4.33. The zero-order valence-electron chi connectivity index (χ0n) is 18.2. The molecule has 0 spiro atoms. The van der Waals surface area contributed by atoms with Crippen LogP contribution < -0.4 is 4.90 Å². The number of nitriles is 1. The minimum Gasteiger partial charge on any atom is -0.346 e. The summed E-state index contributed by atoms with van der Waals surface area (Å²) in [5.41, 5.74) is 2.63. The van der Waals surface area contributed by atoms with Crippen LogP contribution in [0, 0.1) is 11.3 Å². The molecule has 1 aliphatic rings. The van der Waals surface area contributed by atoms with Crippen LogP contribution in [-0.2, 0) is 6.54 Å². The Balaban J connectivity index is 1.26. The summed E-state index contributed by atoms with van der Waals surface area (Å²) in [4.78, 5) is 17.5. The second-order valence-electron chi connectivity index (χ2n) is 8.07. The lowest BCUT2D eigenvalue weighted by atomic mass is 10.1. The average Bonchev–Trinajstić information content (AvgIpc) is 3.49. The summed E-state index contributed by atoms with van der Waals surface area (Å²) in [7, 11) is 0. The van der Waals surface area contributed by atoms with Gasteiger partial charge in [-0.25, -0.2) is 0 Å². The molecule has 0 atom stereocenters. The van der Waals surface area contributed by atoms with Gasteiger partial charge < -0.3 is 9.47 Å². The average molecular weight is 441 g/mol. The van der Waals surface area contributed by atoms with E-state index in [-0.39, 0.29) is 5.78 Å². The number of rotatable bonds is 7. The van der Waals surface area contributed by atoms with Gasteiger partial charge in [-0.3, -0.25) is 9.69 Å². The molecule has 166 valence electrons. The molecule has 0 bridgehead atoms. The van der Waals surface area contributed by atoms with E-state index in [9.17, 15) is 4.79 Å². The third-order valence-corrected chi connectivity index (χ3v) is 6.03. The number of tetrazole rings is 1. The van der Waals surface area contributed by atoms with Crippen molar-refractivity contribution in [3.8, 4) is 11.8 Å². The van der Waals surface area contributed by atoms with Crippen LogP contribution in [0.25, 0.3) is 16.6 Å². The minimum atomic E-state index is 0.101. The quantitative estimate of drug-likeness (QED) is 0.408. The highest BCUT2D eigenvalue weighted by Gasteiger charge is 2.25. The first kappa shape index (κ1) is 20.8. The first-order chi connectivity index (χ1) is 16.2. The number of ketones is 1. The number of para-hydroxylation sites is 2. The van der Waals surface area contributed by atoms with Crippen LogP contribution in [0.4, 0.5) is 5.95 Å². The van der Waals surface area contributed by atoms with E-state index < -0.39 is 0 Å². The molecule has 2 aromatic carbocycles. The van der Waals surface area contributed by atoms with Crippen molar-refractivity contribution < 1.29 is 4.79 Å². The highest BCUT2D eigenvalue weighted by atomic mass is 16.1. The van der Waals surface area contributed by atoms with E-state index in [4.69, 9.17) is 5.26 Å². The van der Waals surface area contributed by atoms with Crippen LogP contribution in [-0.4, -0.2) is 68.2 Å². The molecule has 0 amide bonds. The maximum absolute atomic E-state index is 13.2. The summed E-state index contributed by atoms with van der Waals surface area (Å²) in [5.74, 6) is 0.817. The summed E-state index contributed by atoms with van der Waals surface area (Å²) in [6, 6.07) is 19.9. The van der Waals surface area contributed by atoms with Crippen molar-refractivity contribution >= 4 is 22.6 Å². The van der Waals surface area contributed by atoms with E-state index in [0.29, 0.717) is 25.5 Å². The molecule has 4 aromatic rings. The van der Waals surface area contributed by atoms with E-state index in [1.165, 1.54) is 0 Å². The number of carbonyl (C=O) groups excluding carboxylic acids is 1. The SMILES string of the molecule is N#CCCn1cc(C(=O)CN2CCN(c3nnnn3-c3ccccc3)CC2)c2ccccc21. The first-order valence-electron chi connectivity index (χ1n) is 11.0. The number of Topliss-reactive ketones (excluding diaryl/α,β-unsaturated/α-hetero) is 1. The molecule has 2 aromatic heterocycles. The van der Waals surface area contributed by atoms with Crippen molar-refractivity contribution in [2.75, 3.05) is 37.6 Å². The van der Waals surface area contributed by atoms with E-state index in [1.54, 1.807) is 4.68 Å². The fourth-order valence-corrected chi connectivity index (χ4v) is 4.33. The standard InChI is InChI=1S/C24H24N8O/c25-11-6-12-31-17-21(20-9-4-5-10-22(20)31)23(33)18-29-13-15-30(16-14-29)24-26-27-28-32(24)19-7-2-1-3-8-19/h1-5,7-10,17H,6,12-16,18H2. The van der Waals surface area contributed by atoms with Crippen LogP contribution in [0.1, 0.15) is 16.8 Å². The Kier molecular flexibility index (Phi) is 5.83. The Morgan fingerprint density at radius 3 is 2.55 bits per heavy atom. The van der Waals surface area contributed by atoms with E-state index in [2.05, 4.69) is 31.4 Å². The molecule has 0 unspecified atom stereocenters. The van der Waals surface area contributed by atoms with Gasteiger partial charge >= 0.3 is 0 Å². The summed E-state index contributed by atoms with van der Waals surface area (Å²) >= 11 is 0. The van der Waals surface area contributed by atoms with E-state index in [1.807, 2.05) is 65.4 Å². The number of carbonyl (C=O) groups is 1. The molecule has 0 N–H and O–H groups in total. The molecular formula is C24H24N8O. The van der Waals surface area contributed by atoms with Crippen LogP contribution >= 0.6 is 0 Å². The van der Waals surface area contributed by atoms with Crippen molar-refractivity contribution in [3.63, 3.8) is 0 Å². The maximum atomic E-state index is 13.2. The summed E-state index contributed by atoms with van der Waals surface area (Å²) in [6.07, 6.45) is 2.31. The van der Waals surface area contributed by atoms with Gasteiger partial charge in [0.05, 0.1) is 24.7 Å². The van der Waals surface area contributed by atoms with Crippen molar-refractivity contribution in [3.05, 3.63) is 66.4 Å². The summed E-state index contributed by atoms with van der Waals surface area (Å²) in [5, 5.41) is 22.1. The van der Waals surface area contributed by atoms with Gasteiger partial charge in [-0.2, -0.15) is 9.94 Å². The zero-order chi connectivity index (χ0) is 22.6. The molecule has 0 aliphatic carbocycles. The van der Waals surface area contributed by atoms with Crippen molar-refractivity contribution in [1.29, 1.82) is 5.26 Å². The third-order valence-electron chi connectivity index (χ3n) is 6.03. The number of benzene rings is 2. The van der Waals surface area contributed by atoms with Gasteiger partial charge in [0.25, 0.3) is 0 Å². The van der Waals surface area contributed by atoms with E-state index in [0.717, 1.165) is 48.3 Å². The molecule has 9 heteroatoms. The second-order valence-corrected chi connectivity index (χ2v) is 8.07. The first-order valence-corrected chi connectivity index (χ1v) is 11.0. The predicted octanol–water partition coefficient (Wildman–Crippen LogP) is 2.54. The minimum absolute atomic E-state index is 0.101. The van der Waals surface area contributed by atoms with Gasteiger partial charge in [0.15, 0.2) is 5.78 Å². The Morgan fingerprint density at radius 1 is 1.00 bits per heavy atom. The monoisotopic (exact) mass is 440 g/mol. The number of aryl methyl sites for hydroxylation is 1. The van der Waals surface area contributed by atoms with Crippen LogP contribution in [0.2, 0.25) is 0 Å². The molecule has 5 rings (SSSR count). The third kappa shape index (κ3) is 4.21. The van der Waals surface area contributed by atoms with Crippen LogP contribution in [0.5, 0.6) is 0 Å². The Morgan fingerprint density at radius 2 is 1.76 bits per heavy atom. The van der Waals surface area contributed by atoms with Crippen LogP contribution in [0.15, 0.2) is 60.8 Å². The lowest BCUT2D eigenvalue weighted by Gasteiger charge is -2.34. The van der Waals surface area contributed by atoms with E-state index >= 15 is 0 Å². The lowest BCUT2D eigenvalue weighted by Crippen LogP contribution is -2.48. The van der Waals surface area contributed by atoms with Gasteiger partial charge in [0, 0.05) is 55.4 Å². The summed E-state index contributed by atoms with van der Waals surface area (Å²) < 4.78 is 3.75. The number of fused-ring (bicyclic) bond motifs is 1. The number of anilines is 1. The maximum Gasteiger partial charge on any atom is 0.250 e. The largest absolute Gasteiger partial charge is 0.346 e. The van der Waals surface area contributed by atoms with Gasteiger partial charge in [-0.15, -0.1) is 0 Å². The fraction of sp³-hybridized carbons (Fsp3) is 0.292. The molecule has 0 radical (unpaired) electrons. The van der Waals surface area contributed by atoms with Crippen molar-refractivity contribution in [1.82, 2.24) is 29.7 Å². The molecule has 9 nitrogen and oxygen atoms in total. The molecule has 1 aliphatic heterocycles. The van der Waals surface area contributed by atoms with Gasteiger partial charge in [-0.1, -0.05) is 41.5 Å². The van der Waals surface area contributed by atoms with Crippen molar-refractivity contribution in [2.45, 2.75) is 13.0 Å². The highest BCUT2D eigenvalue weighted by molar-refractivity contribution is 6.09. The van der Waals surface area contributed by atoms with Crippen LogP contribution in [0.3, 0.4) is 0 Å². The smallest absolute Gasteiger partial charge is 0.250 e. The number of piperazine rings is 1. The molecule has 3 heterocycles. The number of nitrogens with zero attached hydrogens (tertiary/aromatic N) is 8. The Bertz CT molecular complexity index is 1300. The number of hydrogen-bond donors (Lipinski definition) is 0. The normalized spacial score (nSPS) is 14.5. The second kappa shape index (κ2) is 9.22. The van der Waals surface area contributed by atoms with Gasteiger partial charge in [0.2, 0.25) is 5.95 Å². The Labute approximate surface area is 191 Å². The molecule has 1 fully saturated rings. The molecule has 1 saturated heterocycles. The van der Waals surface area contributed by atoms with Gasteiger partial charge in [0.1, 0.15) is 0 Å². The summed E-state index contributed by atoms with van der Waals surface area (Å²) in [6.45, 7) is 3.93. The molecule has 33 heavy (non-hydrogen) atoms. The highest BCUT2D eigenvalue weighted by Crippen LogP contribution is 2.23.